The number of fused-ring (bicyclic) bond motifs is 1. The van der Waals surface area contributed by atoms with E-state index in [2.05, 4.69) is 34.1 Å². The zero-order valence-corrected chi connectivity index (χ0v) is 11.0. The molecule has 1 aromatic carbocycles. The van der Waals surface area contributed by atoms with Gasteiger partial charge in [-0.2, -0.15) is 0 Å². The largest absolute Gasteiger partial charge is 0.303 e. The van der Waals surface area contributed by atoms with Crippen LogP contribution in [-0.4, -0.2) is 29.3 Å². The Kier molecular flexibility index (Phi) is 3.56. The smallest absolute Gasteiger partial charge is 0.124 e. The summed E-state index contributed by atoms with van der Waals surface area (Å²) >= 11 is 0. The molecule has 0 amide bonds. The van der Waals surface area contributed by atoms with E-state index in [0.717, 1.165) is 44.3 Å². The predicted octanol–water partition coefficient (Wildman–Crippen LogP) is 2.65. The highest BCUT2D eigenvalue weighted by atomic mass is 16.1. The Hall–Kier alpha value is -1.74. The monoisotopic (exact) mass is 254 g/mol. The highest BCUT2D eigenvalue weighted by Gasteiger charge is 2.19. The number of aromatic nitrogens is 1. The molecule has 0 N–H and O–H groups in total. The molecule has 1 fully saturated rings. The third kappa shape index (κ3) is 2.82. The van der Waals surface area contributed by atoms with Gasteiger partial charge in [0.15, 0.2) is 0 Å². The van der Waals surface area contributed by atoms with Crippen molar-refractivity contribution in [2.45, 2.75) is 19.4 Å². The molecule has 1 atom stereocenters. The lowest BCUT2D eigenvalue weighted by molar-refractivity contribution is -0.112. The molecular weight excluding hydrogens is 236 g/mol. The zero-order valence-electron chi connectivity index (χ0n) is 11.0. The summed E-state index contributed by atoms with van der Waals surface area (Å²) in [5, 5.41) is 1.18. The summed E-state index contributed by atoms with van der Waals surface area (Å²) in [6, 6.07) is 10.5. The number of pyridine rings is 1. The van der Waals surface area contributed by atoms with Gasteiger partial charge in [-0.3, -0.25) is 9.88 Å². The topological polar surface area (TPSA) is 33.2 Å². The van der Waals surface area contributed by atoms with E-state index in [9.17, 15) is 4.79 Å². The average molecular weight is 254 g/mol. The van der Waals surface area contributed by atoms with Crippen molar-refractivity contribution >= 4 is 17.2 Å². The van der Waals surface area contributed by atoms with Crippen molar-refractivity contribution in [2.24, 2.45) is 5.92 Å². The van der Waals surface area contributed by atoms with Crippen molar-refractivity contribution in [1.82, 2.24) is 9.88 Å². The molecule has 3 rings (SSSR count). The molecule has 3 nitrogen and oxygen atoms in total. The van der Waals surface area contributed by atoms with Gasteiger partial charge in [0.25, 0.3) is 0 Å². The van der Waals surface area contributed by atoms with E-state index in [1.807, 2.05) is 12.3 Å². The maximum absolute atomic E-state index is 10.9. The number of rotatable bonds is 3. The Balaban J connectivity index is 1.75. The Labute approximate surface area is 113 Å². The van der Waals surface area contributed by atoms with Crippen molar-refractivity contribution in [2.75, 3.05) is 13.1 Å². The van der Waals surface area contributed by atoms with Crippen molar-refractivity contribution in [3.05, 3.63) is 42.1 Å². The van der Waals surface area contributed by atoms with Crippen LogP contribution in [0.2, 0.25) is 0 Å². The third-order valence-electron chi connectivity index (χ3n) is 3.81. The minimum Gasteiger partial charge on any atom is -0.303 e. The van der Waals surface area contributed by atoms with Crippen LogP contribution in [0.1, 0.15) is 18.4 Å². The molecule has 1 saturated heterocycles. The molecule has 2 heterocycles. The fourth-order valence-corrected chi connectivity index (χ4v) is 2.83. The highest BCUT2D eigenvalue weighted by molar-refractivity contribution is 5.78. The zero-order chi connectivity index (χ0) is 13.1. The fraction of sp³-hybridized carbons (Fsp3) is 0.375. The first-order chi connectivity index (χ1) is 9.35. The Morgan fingerprint density at radius 2 is 2.32 bits per heavy atom. The van der Waals surface area contributed by atoms with Crippen LogP contribution in [0.3, 0.4) is 0 Å². The quantitative estimate of drug-likeness (QED) is 0.789. The molecule has 0 aliphatic carbocycles. The van der Waals surface area contributed by atoms with Gasteiger partial charge in [0.2, 0.25) is 0 Å². The minimum absolute atomic E-state index is 0.218. The molecule has 1 aromatic heterocycles. The summed E-state index contributed by atoms with van der Waals surface area (Å²) in [6.07, 6.45) is 5.10. The first-order valence-electron chi connectivity index (χ1n) is 6.86. The predicted molar refractivity (Wildman–Crippen MR) is 75.8 cm³/mol. The van der Waals surface area contributed by atoms with E-state index in [1.54, 1.807) is 0 Å². The first-order valence-corrected chi connectivity index (χ1v) is 6.86. The molecule has 1 aliphatic heterocycles. The third-order valence-corrected chi connectivity index (χ3v) is 3.81. The molecule has 0 saturated carbocycles. The molecule has 0 spiro atoms. The number of benzene rings is 1. The van der Waals surface area contributed by atoms with Gasteiger partial charge in [-0.1, -0.05) is 12.1 Å². The van der Waals surface area contributed by atoms with Crippen molar-refractivity contribution < 1.29 is 4.79 Å². The summed E-state index contributed by atoms with van der Waals surface area (Å²) in [4.78, 5) is 17.6. The number of likely N-dealkylation sites (tertiary alicyclic amines) is 1. The van der Waals surface area contributed by atoms with Gasteiger partial charge in [0.1, 0.15) is 6.29 Å². The number of carbonyl (C=O) groups excluding carboxylic acids is 1. The number of aldehydes is 1. The Morgan fingerprint density at radius 3 is 3.21 bits per heavy atom. The standard InChI is InChI=1S/C16H18N2O/c19-12-14-3-2-8-18(11-14)10-13-5-6-16-15(9-13)4-1-7-17-16/h1,4-7,9,12,14H,2-3,8,10-11H2. The van der Waals surface area contributed by atoms with Gasteiger partial charge >= 0.3 is 0 Å². The van der Waals surface area contributed by atoms with Crippen LogP contribution in [0.5, 0.6) is 0 Å². The molecule has 0 radical (unpaired) electrons. The molecule has 2 aromatic rings. The molecular formula is C16H18N2O. The summed E-state index contributed by atoms with van der Waals surface area (Å²) in [5.41, 5.74) is 2.34. The SMILES string of the molecule is O=CC1CCCN(Cc2ccc3ncccc3c2)C1. The summed E-state index contributed by atoms with van der Waals surface area (Å²) in [6.45, 7) is 2.92. The summed E-state index contributed by atoms with van der Waals surface area (Å²) < 4.78 is 0. The second-order valence-electron chi connectivity index (χ2n) is 5.30. The number of nitrogens with zero attached hydrogens (tertiary/aromatic N) is 2. The molecule has 1 unspecified atom stereocenters. The Morgan fingerprint density at radius 1 is 1.37 bits per heavy atom. The molecule has 98 valence electrons. The number of carbonyl (C=O) groups is 1. The molecule has 1 aliphatic rings. The number of hydrogen-bond donors (Lipinski definition) is 0. The highest BCUT2D eigenvalue weighted by Crippen LogP contribution is 2.19. The number of hydrogen-bond acceptors (Lipinski definition) is 3. The first kappa shape index (κ1) is 12.3. The van der Waals surface area contributed by atoms with E-state index in [0.29, 0.717) is 0 Å². The van der Waals surface area contributed by atoms with Gasteiger partial charge in [-0.15, -0.1) is 0 Å². The normalized spacial score (nSPS) is 20.5. The minimum atomic E-state index is 0.218. The van der Waals surface area contributed by atoms with Crippen molar-refractivity contribution in [1.29, 1.82) is 0 Å². The van der Waals surface area contributed by atoms with Crippen LogP contribution in [0.4, 0.5) is 0 Å². The maximum atomic E-state index is 10.9. The van der Waals surface area contributed by atoms with E-state index in [1.165, 1.54) is 10.9 Å². The Bertz CT molecular complexity index is 582. The van der Waals surface area contributed by atoms with E-state index >= 15 is 0 Å². The summed E-state index contributed by atoms with van der Waals surface area (Å²) in [5.74, 6) is 0.218. The van der Waals surface area contributed by atoms with Gasteiger partial charge in [0.05, 0.1) is 5.52 Å². The van der Waals surface area contributed by atoms with Crippen LogP contribution < -0.4 is 0 Å². The van der Waals surface area contributed by atoms with E-state index in [-0.39, 0.29) is 5.92 Å². The van der Waals surface area contributed by atoms with Crippen LogP contribution in [0.25, 0.3) is 10.9 Å². The van der Waals surface area contributed by atoms with Crippen LogP contribution in [-0.2, 0) is 11.3 Å². The second-order valence-corrected chi connectivity index (χ2v) is 5.30. The molecule has 19 heavy (non-hydrogen) atoms. The second kappa shape index (κ2) is 5.49. The fourth-order valence-electron chi connectivity index (χ4n) is 2.83. The van der Waals surface area contributed by atoms with Gasteiger partial charge in [-0.25, -0.2) is 0 Å². The van der Waals surface area contributed by atoms with Gasteiger partial charge in [0, 0.05) is 30.6 Å². The lowest BCUT2D eigenvalue weighted by Crippen LogP contribution is -2.35. The van der Waals surface area contributed by atoms with Crippen LogP contribution in [0.15, 0.2) is 36.5 Å². The van der Waals surface area contributed by atoms with Gasteiger partial charge in [-0.05, 0) is 43.1 Å². The maximum Gasteiger partial charge on any atom is 0.124 e. The molecule has 3 heteroatoms. The van der Waals surface area contributed by atoms with Crippen LogP contribution >= 0.6 is 0 Å². The van der Waals surface area contributed by atoms with Crippen LogP contribution in [0, 0.1) is 5.92 Å². The van der Waals surface area contributed by atoms with Crippen molar-refractivity contribution in [3.63, 3.8) is 0 Å². The molecule has 0 bridgehead atoms. The van der Waals surface area contributed by atoms with Gasteiger partial charge < -0.3 is 4.79 Å². The lowest BCUT2D eigenvalue weighted by Gasteiger charge is -2.30. The lowest BCUT2D eigenvalue weighted by atomic mass is 9.99. The van der Waals surface area contributed by atoms with Crippen molar-refractivity contribution in [3.8, 4) is 0 Å². The van der Waals surface area contributed by atoms with E-state index in [4.69, 9.17) is 0 Å². The summed E-state index contributed by atoms with van der Waals surface area (Å²) in [7, 11) is 0. The average Bonchev–Trinajstić information content (AvgIpc) is 2.47. The number of piperidine rings is 1. The van der Waals surface area contributed by atoms with E-state index < -0.39 is 0 Å².